The zero-order valence-corrected chi connectivity index (χ0v) is 11.6. The number of hydrogen-bond acceptors (Lipinski definition) is 7. The van der Waals surface area contributed by atoms with Crippen LogP contribution in [-0.4, -0.2) is 42.3 Å². The van der Waals surface area contributed by atoms with E-state index in [1.54, 1.807) is 0 Å². The lowest BCUT2D eigenvalue weighted by Gasteiger charge is -2.10. The van der Waals surface area contributed by atoms with Crippen molar-refractivity contribution in [3.8, 4) is 0 Å². The summed E-state index contributed by atoms with van der Waals surface area (Å²) >= 11 is 1.21. The Morgan fingerprint density at radius 1 is 1.57 bits per heavy atom. The summed E-state index contributed by atoms with van der Waals surface area (Å²) in [5, 5.41) is 2.63. The van der Waals surface area contributed by atoms with Crippen molar-refractivity contribution in [3.05, 3.63) is 16.7 Å². The molecule has 0 aliphatic carbocycles. The van der Waals surface area contributed by atoms with Gasteiger partial charge in [0.05, 0.1) is 12.4 Å². The van der Waals surface area contributed by atoms with Crippen LogP contribution in [0.4, 0.5) is 5.95 Å². The maximum absolute atomic E-state index is 12.0. The molecule has 1 saturated heterocycles. The fraction of sp³-hybridized carbons (Fsp3) is 0.364. The SMILES string of the molecule is Nc1nc2c(ncn2CC(=O)NC2CCSC2=O)c(=O)[nH]1. The lowest BCUT2D eigenvalue weighted by atomic mass is 10.2. The maximum Gasteiger partial charge on any atom is 0.280 e. The van der Waals surface area contributed by atoms with Gasteiger partial charge < -0.3 is 15.6 Å². The van der Waals surface area contributed by atoms with E-state index < -0.39 is 11.6 Å². The summed E-state index contributed by atoms with van der Waals surface area (Å²) < 4.78 is 1.42. The molecule has 1 unspecified atom stereocenters. The van der Waals surface area contributed by atoms with Crippen molar-refractivity contribution in [1.82, 2.24) is 24.8 Å². The van der Waals surface area contributed by atoms with E-state index >= 15 is 0 Å². The molecule has 0 saturated carbocycles. The monoisotopic (exact) mass is 308 g/mol. The zero-order chi connectivity index (χ0) is 15.0. The van der Waals surface area contributed by atoms with E-state index in [2.05, 4.69) is 20.3 Å². The molecule has 1 amide bonds. The number of carbonyl (C=O) groups excluding carboxylic acids is 2. The number of thioether (sulfide) groups is 1. The topological polar surface area (TPSA) is 136 Å². The number of H-pyrrole nitrogens is 1. The van der Waals surface area contributed by atoms with Gasteiger partial charge in [-0.15, -0.1) is 0 Å². The summed E-state index contributed by atoms with van der Waals surface area (Å²) in [6, 6.07) is -0.446. The van der Waals surface area contributed by atoms with Gasteiger partial charge in [0.25, 0.3) is 5.56 Å². The minimum Gasteiger partial charge on any atom is -0.369 e. The van der Waals surface area contributed by atoms with Crippen LogP contribution in [0.25, 0.3) is 11.2 Å². The average Bonchev–Trinajstić information content (AvgIpc) is 2.98. The molecule has 21 heavy (non-hydrogen) atoms. The first-order chi connectivity index (χ1) is 10.0. The van der Waals surface area contributed by atoms with E-state index in [-0.39, 0.29) is 34.7 Å². The Labute approximate surface area is 122 Å². The highest BCUT2D eigenvalue weighted by Crippen LogP contribution is 2.19. The van der Waals surface area contributed by atoms with E-state index in [4.69, 9.17) is 5.73 Å². The number of nitrogens with zero attached hydrogens (tertiary/aromatic N) is 3. The van der Waals surface area contributed by atoms with Crippen molar-refractivity contribution >= 4 is 39.9 Å². The number of aromatic nitrogens is 4. The number of amides is 1. The molecule has 9 nitrogen and oxygen atoms in total. The Kier molecular flexibility index (Phi) is 3.37. The van der Waals surface area contributed by atoms with Crippen LogP contribution in [0.2, 0.25) is 0 Å². The normalized spacial score (nSPS) is 18.3. The molecule has 3 heterocycles. The van der Waals surface area contributed by atoms with E-state index in [1.165, 1.54) is 22.7 Å². The third kappa shape index (κ3) is 2.61. The van der Waals surface area contributed by atoms with Crippen molar-refractivity contribution < 1.29 is 9.59 Å². The zero-order valence-electron chi connectivity index (χ0n) is 10.8. The molecular formula is C11H12N6O3S. The quantitative estimate of drug-likeness (QED) is 0.651. The van der Waals surface area contributed by atoms with Gasteiger partial charge in [-0.2, -0.15) is 4.98 Å². The molecule has 0 aromatic carbocycles. The number of nitrogens with two attached hydrogens (primary N) is 1. The van der Waals surface area contributed by atoms with Crippen LogP contribution < -0.4 is 16.6 Å². The average molecular weight is 308 g/mol. The largest absolute Gasteiger partial charge is 0.369 e. The first kappa shape index (κ1) is 13.6. The predicted molar refractivity (Wildman–Crippen MR) is 76.6 cm³/mol. The van der Waals surface area contributed by atoms with E-state index in [0.29, 0.717) is 12.2 Å². The minimum atomic E-state index is -0.459. The van der Waals surface area contributed by atoms with E-state index in [0.717, 1.165) is 0 Å². The number of carbonyl (C=O) groups is 2. The molecule has 2 aromatic heterocycles. The molecule has 2 aromatic rings. The van der Waals surface area contributed by atoms with Gasteiger partial charge >= 0.3 is 0 Å². The second kappa shape index (κ2) is 5.20. The van der Waals surface area contributed by atoms with Gasteiger partial charge in [0.1, 0.15) is 6.54 Å². The summed E-state index contributed by atoms with van der Waals surface area (Å²) in [4.78, 5) is 45.3. The Hall–Kier alpha value is -2.36. The lowest BCUT2D eigenvalue weighted by Crippen LogP contribution is -2.39. The highest BCUT2D eigenvalue weighted by atomic mass is 32.2. The number of imidazole rings is 1. The molecule has 1 atom stereocenters. The van der Waals surface area contributed by atoms with Crippen LogP contribution in [0, 0.1) is 0 Å². The summed E-state index contributed by atoms with van der Waals surface area (Å²) in [7, 11) is 0. The summed E-state index contributed by atoms with van der Waals surface area (Å²) in [6.07, 6.45) is 1.97. The molecule has 4 N–H and O–H groups in total. The summed E-state index contributed by atoms with van der Waals surface area (Å²) in [6.45, 7) is -0.0825. The van der Waals surface area contributed by atoms with Gasteiger partial charge in [-0.25, -0.2) is 4.98 Å². The lowest BCUT2D eigenvalue weighted by molar-refractivity contribution is -0.124. The standard InChI is InChI=1S/C11H12N6O3S/c12-11-15-8-7(9(19)16-11)13-4-17(8)3-6(18)14-5-1-2-21-10(5)20/h4-5H,1-3H2,(H,14,18)(H3,12,15,16,19). The molecule has 0 spiro atoms. The number of rotatable bonds is 3. The number of nitrogen functional groups attached to an aromatic ring is 1. The number of anilines is 1. The first-order valence-corrected chi connectivity index (χ1v) is 7.20. The molecule has 1 aliphatic rings. The van der Waals surface area contributed by atoms with Crippen molar-refractivity contribution in [2.45, 2.75) is 19.0 Å². The molecule has 3 rings (SSSR count). The second-order valence-corrected chi connectivity index (χ2v) is 5.67. The number of aromatic amines is 1. The molecule has 0 radical (unpaired) electrons. The van der Waals surface area contributed by atoms with Crippen LogP contribution in [-0.2, 0) is 16.1 Å². The van der Waals surface area contributed by atoms with Crippen molar-refractivity contribution in [3.63, 3.8) is 0 Å². The highest BCUT2D eigenvalue weighted by Gasteiger charge is 2.26. The highest BCUT2D eigenvalue weighted by molar-refractivity contribution is 8.14. The Morgan fingerprint density at radius 3 is 3.10 bits per heavy atom. The van der Waals surface area contributed by atoms with E-state index in [1.807, 2.05) is 0 Å². The Morgan fingerprint density at radius 2 is 2.38 bits per heavy atom. The molecule has 10 heteroatoms. The van der Waals surface area contributed by atoms with Gasteiger partial charge in [0, 0.05) is 5.75 Å². The van der Waals surface area contributed by atoms with Gasteiger partial charge in [-0.1, -0.05) is 11.8 Å². The maximum atomic E-state index is 12.0. The van der Waals surface area contributed by atoms with Crippen LogP contribution in [0.1, 0.15) is 6.42 Å². The van der Waals surface area contributed by atoms with Crippen molar-refractivity contribution in [1.29, 1.82) is 0 Å². The number of hydrogen-bond donors (Lipinski definition) is 3. The third-order valence-corrected chi connectivity index (χ3v) is 4.09. The molecular weight excluding hydrogens is 296 g/mol. The van der Waals surface area contributed by atoms with Gasteiger partial charge in [0.15, 0.2) is 11.2 Å². The second-order valence-electron chi connectivity index (χ2n) is 4.57. The third-order valence-electron chi connectivity index (χ3n) is 3.08. The van der Waals surface area contributed by atoms with Crippen molar-refractivity contribution in [2.24, 2.45) is 0 Å². The first-order valence-electron chi connectivity index (χ1n) is 6.21. The number of nitrogens with one attached hydrogen (secondary N) is 2. The Balaban J connectivity index is 1.80. The summed E-state index contributed by atoms with van der Waals surface area (Å²) in [5.74, 6) is 0.332. The molecule has 1 aliphatic heterocycles. The fourth-order valence-electron chi connectivity index (χ4n) is 2.11. The van der Waals surface area contributed by atoms with Crippen LogP contribution in [0.3, 0.4) is 0 Å². The van der Waals surface area contributed by atoms with Gasteiger partial charge in [-0.05, 0) is 6.42 Å². The van der Waals surface area contributed by atoms with Crippen molar-refractivity contribution in [2.75, 3.05) is 11.5 Å². The fourth-order valence-corrected chi connectivity index (χ4v) is 3.04. The summed E-state index contributed by atoms with van der Waals surface area (Å²) in [5.41, 5.74) is 5.37. The molecule has 1 fully saturated rings. The minimum absolute atomic E-state index is 0.0300. The van der Waals surface area contributed by atoms with Crippen LogP contribution >= 0.6 is 11.8 Å². The van der Waals surface area contributed by atoms with Crippen LogP contribution in [0.5, 0.6) is 0 Å². The molecule has 0 bridgehead atoms. The van der Waals surface area contributed by atoms with Gasteiger partial charge in [0.2, 0.25) is 17.0 Å². The smallest absolute Gasteiger partial charge is 0.280 e. The predicted octanol–water partition coefficient (Wildman–Crippen LogP) is -1.15. The molecule has 110 valence electrons. The Bertz CT molecular complexity index is 782. The van der Waals surface area contributed by atoms with E-state index in [9.17, 15) is 14.4 Å². The van der Waals surface area contributed by atoms with Gasteiger partial charge in [-0.3, -0.25) is 19.4 Å². The number of fused-ring (bicyclic) bond motifs is 1. The van der Waals surface area contributed by atoms with Crippen LogP contribution in [0.15, 0.2) is 11.1 Å².